The zero-order valence-corrected chi connectivity index (χ0v) is 10.8. The molecule has 5 heteroatoms. The minimum absolute atomic E-state index is 0.00588. The van der Waals surface area contributed by atoms with Gasteiger partial charge in [-0.05, 0) is 37.1 Å². The van der Waals surface area contributed by atoms with E-state index in [2.05, 4.69) is 21.4 Å². The molecule has 1 rings (SSSR count). The van der Waals surface area contributed by atoms with Crippen molar-refractivity contribution in [2.45, 2.75) is 19.4 Å². The lowest BCUT2D eigenvalue weighted by atomic mass is 10.1. The Bertz CT molecular complexity index is 316. The molecule has 0 radical (unpaired) electrons. The molecule has 0 bridgehead atoms. The van der Waals surface area contributed by atoms with Gasteiger partial charge in [0.1, 0.15) is 5.82 Å². The van der Waals surface area contributed by atoms with Gasteiger partial charge in [0.15, 0.2) is 0 Å². The molecule has 0 spiro atoms. The van der Waals surface area contributed by atoms with Crippen molar-refractivity contribution >= 4 is 15.9 Å². The van der Waals surface area contributed by atoms with Crippen molar-refractivity contribution in [1.29, 1.82) is 0 Å². The maximum Gasteiger partial charge on any atom is 0.124 e. The van der Waals surface area contributed by atoms with Crippen molar-refractivity contribution < 1.29 is 9.13 Å². The molecule has 0 heterocycles. The van der Waals surface area contributed by atoms with E-state index in [1.54, 1.807) is 0 Å². The molecule has 0 saturated carbocycles. The van der Waals surface area contributed by atoms with Gasteiger partial charge in [-0.2, -0.15) is 0 Å². The predicted octanol–water partition coefficient (Wildman–Crippen LogP) is 2.00. The van der Waals surface area contributed by atoms with E-state index in [1.165, 1.54) is 12.1 Å². The Labute approximate surface area is 103 Å². The number of nitrogens with one attached hydrogen (secondary N) is 1. The second kappa shape index (κ2) is 6.96. The van der Waals surface area contributed by atoms with Gasteiger partial charge in [0, 0.05) is 17.1 Å². The highest BCUT2D eigenvalue weighted by Gasteiger charge is 2.09. The summed E-state index contributed by atoms with van der Waals surface area (Å²) in [5.74, 6) is 5.15. The van der Waals surface area contributed by atoms with E-state index in [-0.39, 0.29) is 11.9 Å². The molecule has 0 aromatic heterocycles. The predicted molar refractivity (Wildman–Crippen MR) is 65.4 cm³/mol. The molecule has 3 N–H and O–H groups in total. The Balaban J connectivity index is 2.62. The van der Waals surface area contributed by atoms with Gasteiger partial charge in [0.25, 0.3) is 0 Å². The third-order valence-electron chi connectivity index (χ3n) is 2.16. The zero-order chi connectivity index (χ0) is 12.0. The molecule has 0 saturated heterocycles. The summed E-state index contributed by atoms with van der Waals surface area (Å²) in [4.78, 5) is 0. The average Bonchev–Trinajstić information content (AvgIpc) is 2.22. The second-order valence-electron chi connectivity index (χ2n) is 3.50. The van der Waals surface area contributed by atoms with Gasteiger partial charge < -0.3 is 4.74 Å². The second-order valence-corrected chi connectivity index (χ2v) is 4.42. The highest BCUT2D eigenvalue weighted by molar-refractivity contribution is 9.10. The summed E-state index contributed by atoms with van der Waals surface area (Å²) in [5, 5.41) is 0. The minimum Gasteiger partial charge on any atom is -0.380 e. The summed E-state index contributed by atoms with van der Waals surface area (Å²) in [6, 6.07) is 4.80. The molecular weight excluding hydrogens is 275 g/mol. The Morgan fingerprint density at radius 1 is 1.50 bits per heavy atom. The first-order valence-electron chi connectivity index (χ1n) is 5.14. The van der Waals surface area contributed by atoms with Gasteiger partial charge in [-0.1, -0.05) is 15.9 Å². The number of hydrogen-bond donors (Lipinski definition) is 2. The average molecular weight is 291 g/mol. The summed E-state index contributed by atoms with van der Waals surface area (Å²) < 4.78 is 19.1. The fourth-order valence-corrected chi connectivity index (χ4v) is 1.95. The molecule has 0 amide bonds. The molecular formula is C11H16BrFN2O. The fraction of sp³-hybridized carbons (Fsp3) is 0.455. The van der Waals surface area contributed by atoms with E-state index in [4.69, 9.17) is 10.6 Å². The van der Waals surface area contributed by atoms with Crippen molar-refractivity contribution in [3.8, 4) is 0 Å². The highest BCUT2D eigenvalue weighted by atomic mass is 79.9. The summed E-state index contributed by atoms with van der Waals surface area (Å²) in [7, 11) is 0. The first-order valence-corrected chi connectivity index (χ1v) is 5.93. The Morgan fingerprint density at radius 3 is 2.81 bits per heavy atom. The van der Waals surface area contributed by atoms with Crippen LogP contribution in [0.1, 0.15) is 12.5 Å². The van der Waals surface area contributed by atoms with Crippen molar-refractivity contribution in [3.05, 3.63) is 34.1 Å². The van der Waals surface area contributed by atoms with Crippen LogP contribution in [0.5, 0.6) is 0 Å². The van der Waals surface area contributed by atoms with E-state index >= 15 is 0 Å². The normalized spacial score (nSPS) is 12.8. The van der Waals surface area contributed by atoms with Crippen LogP contribution in [-0.2, 0) is 11.2 Å². The molecule has 3 nitrogen and oxygen atoms in total. The number of benzene rings is 1. The van der Waals surface area contributed by atoms with Crippen LogP contribution in [0.4, 0.5) is 4.39 Å². The summed E-state index contributed by atoms with van der Waals surface area (Å²) in [6.07, 6.45) is 0.632. The van der Waals surface area contributed by atoms with Crippen LogP contribution in [0, 0.1) is 5.82 Å². The van der Waals surface area contributed by atoms with Crippen molar-refractivity contribution in [1.82, 2.24) is 5.43 Å². The number of hydrogen-bond acceptors (Lipinski definition) is 3. The van der Waals surface area contributed by atoms with Crippen molar-refractivity contribution in [3.63, 3.8) is 0 Å². The number of rotatable bonds is 6. The van der Waals surface area contributed by atoms with Crippen molar-refractivity contribution in [2.24, 2.45) is 5.84 Å². The molecule has 1 aromatic carbocycles. The monoisotopic (exact) mass is 290 g/mol. The van der Waals surface area contributed by atoms with E-state index in [1.807, 2.05) is 13.0 Å². The van der Waals surface area contributed by atoms with Crippen LogP contribution in [0.15, 0.2) is 22.7 Å². The standard InChI is InChI=1S/C11H16BrFN2O/c1-2-16-7-11(15-14)5-8-3-9(12)6-10(13)4-8/h3-4,6,11,15H,2,5,7,14H2,1H3. The first kappa shape index (κ1) is 13.6. The lowest BCUT2D eigenvalue weighted by molar-refractivity contribution is 0.123. The summed E-state index contributed by atoms with van der Waals surface area (Å²) in [6.45, 7) is 3.08. The number of hydrazine groups is 1. The summed E-state index contributed by atoms with van der Waals surface area (Å²) in [5.41, 5.74) is 3.55. The van der Waals surface area contributed by atoms with Crippen LogP contribution >= 0.6 is 15.9 Å². The third kappa shape index (κ3) is 4.57. The summed E-state index contributed by atoms with van der Waals surface area (Å²) >= 11 is 3.25. The highest BCUT2D eigenvalue weighted by Crippen LogP contribution is 2.16. The lowest BCUT2D eigenvalue weighted by Crippen LogP contribution is -2.40. The smallest absolute Gasteiger partial charge is 0.124 e. The van der Waals surface area contributed by atoms with Crippen LogP contribution in [-0.4, -0.2) is 19.3 Å². The minimum atomic E-state index is -0.253. The third-order valence-corrected chi connectivity index (χ3v) is 2.62. The number of nitrogens with two attached hydrogens (primary N) is 1. The van der Waals surface area contributed by atoms with E-state index in [0.717, 1.165) is 10.0 Å². The SMILES string of the molecule is CCOCC(Cc1cc(F)cc(Br)c1)NN. The van der Waals surface area contributed by atoms with Crippen molar-refractivity contribution in [2.75, 3.05) is 13.2 Å². The maximum atomic E-state index is 13.1. The first-order chi connectivity index (χ1) is 7.65. The molecule has 90 valence electrons. The molecule has 0 aliphatic rings. The Kier molecular flexibility index (Phi) is 5.90. The van der Waals surface area contributed by atoms with Gasteiger partial charge >= 0.3 is 0 Å². The molecule has 0 aliphatic carbocycles. The van der Waals surface area contributed by atoms with E-state index < -0.39 is 0 Å². The maximum absolute atomic E-state index is 13.1. The largest absolute Gasteiger partial charge is 0.380 e. The quantitative estimate of drug-likeness (QED) is 0.622. The van der Waals surface area contributed by atoms with Gasteiger partial charge in [-0.3, -0.25) is 11.3 Å². The molecule has 1 aromatic rings. The Morgan fingerprint density at radius 2 is 2.25 bits per heavy atom. The van der Waals surface area contributed by atoms with Gasteiger partial charge in [0.05, 0.1) is 6.61 Å². The van der Waals surface area contributed by atoms with Gasteiger partial charge in [-0.25, -0.2) is 4.39 Å². The molecule has 0 fully saturated rings. The molecule has 1 atom stereocenters. The van der Waals surface area contributed by atoms with E-state index in [0.29, 0.717) is 19.6 Å². The molecule has 0 aliphatic heterocycles. The fourth-order valence-electron chi connectivity index (χ4n) is 1.44. The van der Waals surface area contributed by atoms with Gasteiger partial charge in [-0.15, -0.1) is 0 Å². The van der Waals surface area contributed by atoms with Gasteiger partial charge in [0.2, 0.25) is 0 Å². The zero-order valence-electron chi connectivity index (χ0n) is 9.17. The van der Waals surface area contributed by atoms with Crippen LogP contribution in [0.25, 0.3) is 0 Å². The molecule has 16 heavy (non-hydrogen) atoms. The Hall–Kier alpha value is -0.490. The van der Waals surface area contributed by atoms with Crippen LogP contribution < -0.4 is 11.3 Å². The van der Waals surface area contributed by atoms with E-state index in [9.17, 15) is 4.39 Å². The topological polar surface area (TPSA) is 47.3 Å². The molecule has 1 unspecified atom stereocenters. The lowest BCUT2D eigenvalue weighted by Gasteiger charge is -2.15. The van der Waals surface area contributed by atoms with Crippen LogP contribution in [0.2, 0.25) is 0 Å². The number of ether oxygens (including phenoxy) is 1. The number of halogens is 2. The van der Waals surface area contributed by atoms with Crippen LogP contribution in [0.3, 0.4) is 0 Å².